The molecule has 0 amide bonds. The molecule has 2 atom stereocenters. The van der Waals surface area contributed by atoms with Crippen LogP contribution in [-0.2, 0) is 14.3 Å². The smallest absolute Gasteiger partial charge is 0.306 e. The van der Waals surface area contributed by atoms with Crippen molar-refractivity contribution in [2.24, 2.45) is 0 Å². The molecule has 1 aliphatic heterocycles. The van der Waals surface area contributed by atoms with Gasteiger partial charge in [-0.2, -0.15) is 0 Å². The first-order valence-corrected chi connectivity index (χ1v) is 8.39. The number of carbonyl (C=O) groups is 1. The molecule has 0 aromatic heterocycles. The van der Waals surface area contributed by atoms with Crippen LogP contribution in [0, 0.1) is 0 Å². The molecular formula is C19H34O4. The van der Waals surface area contributed by atoms with Crippen LogP contribution in [0.2, 0.25) is 0 Å². The second-order valence-corrected chi connectivity index (χ2v) is 5.02. The monoisotopic (exact) mass is 326 g/mol. The minimum absolute atomic E-state index is 0.00875. The summed E-state index contributed by atoms with van der Waals surface area (Å²) in [6.45, 7) is 12.6. The molecule has 1 fully saturated rings. The highest BCUT2D eigenvalue weighted by molar-refractivity contribution is 5.69. The second kappa shape index (κ2) is 16.8. The van der Waals surface area contributed by atoms with Gasteiger partial charge in [-0.1, -0.05) is 45.9 Å². The highest BCUT2D eigenvalue weighted by Gasteiger charge is 2.17. The number of aliphatic hydroxyl groups excluding tert-OH is 1. The summed E-state index contributed by atoms with van der Waals surface area (Å²) in [5, 5.41) is 8.53. The van der Waals surface area contributed by atoms with Crippen LogP contribution in [0.25, 0.3) is 0 Å². The topological polar surface area (TPSA) is 55.8 Å². The van der Waals surface area contributed by atoms with E-state index < -0.39 is 0 Å². The number of ether oxygens (including phenoxy) is 2. The van der Waals surface area contributed by atoms with Gasteiger partial charge in [0.2, 0.25) is 0 Å². The van der Waals surface area contributed by atoms with Crippen molar-refractivity contribution in [2.75, 3.05) is 7.11 Å². The molecule has 134 valence electrons. The first kappa shape index (κ1) is 23.7. The number of hydrogen-bond acceptors (Lipinski definition) is 4. The average molecular weight is 326 g/mol. The van der Waals surface area contributed by atoms with E-state index in [1.54, 1.807) is 7.11 Å². The Morgan fingerprint density at radius 2 is 1.96 bits per heavy atom. The predicted octanol–water partition coefficient (Wildman–Crippen LogP) is 5.11. The number of methoxy groups -OCH3 is 1. The molecule has 1 saturated heterocycles. The number of allylic oxidation sites excluding steroid dienone is 3. The third kappa shape index (κ3) is 15.1. The van der Waals surface area contributed by atoms with Crippen LogP contribution >= 0.6 is 0 Å². The Bertz CT molecular complexity index is 347. The molecule has 0 spiro atoms. The van der Waals surface area contributed by atoms with Crippen molar-refractivity contribution in [1.29, 1.82) is 0 Å². The Morgan fingerprint density at radius 3 is 2.43 bits per heavy atom. The second-order valence-electron chi connectivity index (χ2n) is 5.02. The summed E-state index contributed by atoms with van der Waals surface area (Å²) in [6.07, 6.45) is 10.2. The van der Waals surface area contributed by atoms with E-state index in [0.29, 0.717) is 6.42 Å². The number of esters is 1. The predicted molar refractivity (Wildman–Crippen MR) is 96.5 cm³/mol. The van der Waals surface area contributed by atoms with E-state index in [1.807, 2.05) is 20.8 Å². The molecule has 1 aliphatic rings. The molecule has 1 rings (SSSR count). The van der Waals surface area contributed by atoms with Crippen LogP contribution in [0.4, 0.5) is 0 Å². The van der Waals surface area contributed by atoms with Gasteiger partial charge in [0.05, 0.1) is 6.10 Å². The van der Waals surface area contributed by atoms with E-state index in [-0.39, 0.29) is 23.9 Å². The van der Waals surface area contributed by atoms with E-state index in [2.05, 4.69) is 13.2 Å². The number of carbonyl (C=O) groups excluding carboxylic acids is 1. The molecule has 0 aromatic carbocycles. The fourth-order valence-corrected chi connectivity index (χ4v) is 2.04. The summed E-state index contributed by atoms with van der Waals surface area (Å²) in [6, 6.07) is 0. The van der Waals surface area contributed by atoms with Crippen LogP contribution in [0.3, 0.4) is 0 Å². The summed E-state index contributed by atoms with van der Waals surface area (Å²) in [5.41, 5.74) is 0. The minimum Gasteiger partial charge on any atom is -0.508 e. The maximum Gasteiger partial charge on any atom is 0.306 e. The summed E-state index contributed by atoms with van der Waals surface area (Å²) >= 11 is 0. The van der Waals surface area contributed by atoms with E-state index >= 15 is 0 Å². The van der Waals surface area contributed by atoms with Crippen LogP contribution in [0.15, 0.2) is 37.1 Å². The average Bonchev–Trinajstić information content (AvgIpc) is 2.55. The van der Waals surface area contributed by atoms with Gasteiger partial charge in [0.25, 0.3) is 0 Å². The van der Waals surface area contributed by atoms with Gasteiger partial charge in [-0.05, 0) is 31.9 Å². The zero-order valence-electron chi connectivity index (χ0n) is 15.2. The molecule has 4 heteroatoms. The first-order chi connectivity index (χ1) is 11.0. The maximum atomic E-state index is 11.2. The van der Waals surface area contributed by atoms with Crippen molar-refractivity contribution in [3.05, 3.63) is 37.1 Å². The van der Waals surface area contributed by atoms with Crippen molar-refractivity contribution in [3.63, 3.8) is 0 Å². The Labute approximate surface area is 141 Å². The Kier molecular flexibility index (Phi) is 17.3. The lowest BCUT2D eigenvalue weighted by atomic mass is 10.0. The van der Waals surface area contributed by atoms with E-state index in [1.165, 1.54) is 18.2 Å². The standard InChI is InChI=1S/C11H20O3.C6H8O.C2H6/c1-9-8-10(13-2)6-4-3-5-7-11(12)14-9;1-3-5-6(7)4-2;1-2/h9-10H,3-8H2,1-2H3;3-5,7H,1-2H2;1-2H3/b;6-5+;. The summed E-state index contributed by atoms with van der Waals surface area (Å²) < 4.78 is 10.6. The lowest BCUT2D eigenvalue weighted by Crippen LogP contribution is -2.23. The van der Waals surface area contributed by atoms with Crippen molar-refractivity contribution in [3.8, 4) is 0 Å². The van der Waals surface area contributed by atoms with Crippen molar-refractivity contribution in [1.82, 2.24) is 0 Å². The summed E-state index contributed by atoms with van der Waals surface area (Å²) in [7, 11) is 1.73. The molecular weight excluding hydrogens is 292 g/mol. The zero-order chi connectivity index (χ0) is 18.1. The third-order valence-corrected chi connectivity index (χ3v) is 3.17. The van der Waals surface area contributed by atoms with Crippen LogP contribution in [-0.4, -0.2) is 30.4 Å². The molecule has 0 aliphatic carbocycles. The lowest BCUT2D eigenvalue weighted by Gasteiger charge is -2.21. The molecule has 23 heavy (non-hydrogen) atoms. The van der Waals surface area contributed by atoms with E-state index in [0.717, 1.165) is 32.1 Å². The fourth-order valence-electron chi connectivity index (χ4n) is 2.04. The molecule has 0 bridgehead atoms. The van der Waals surface area contributed by atoms with Crippen molar-refractivity contribution < 1.29 is 19.4 Å². The Morgan fingerprint density at radius 1 is 1.30 bits per heavy atom. The van der Waals surface area contributed by atoms with Gasteiger partial charge in [0.1, 0.15) is 11.9 Å². The molecule has 4 nitrogen and oxygen atoms in total. The van der Waals surface area contributed by atoms with E-state index in [4.69, 9.17) is 14.6 Å². The highest BCUT2D eigenvalue weighted by Crippen LogP contribution is 2.16. The van der Waals surface area contributed by atoms with Crippen LogP contribution in [0.1, 0.15) is 59.3 Å². The summed E-state index contributed by atoms with van der Waals surface area (Å²) in [5.74, 6) is 0.0873. The molecule has 0 aromatic rings. The van der Waals surface area contributed by atoms with Crippen molar-refractivity contribution in [2.45, 2.75) is 71.5 Å². The van der Waals surface area contributed by atoms with Crippen molar-refractivity contribution >= 4 is 5.97 Å². The number of rotatable bonds is 3. The molecule has 0 radical (unpaired) electrons. The quantitative estimate of drug-likeness (QED) is 0.444. The Hall–Kier alpha value is -1.55. The number of hydrogen-bond donors (Lipinski definition) is 1. The van der Waals surface area contributed by atoms with Gasteiger partial charge in [-0.3, -0.25) is 4.79 Å². The molecule has 1 heterocycles. The highest BCUT2D eigenvalue weighted by atomic mass is 16.5. The first-order valence-electron chi connectivity index (χ1n) is 8.39. The van der Waals surface area contributed by atoms with Crippen LogP contribution < -0.4 is 0 Å². The van der Waals surface area contributed by atoms with Gasteiger partial charge in [-0.15, -0.1) is 0 Å². The molecule has 2 unspecified atom stereocenters. The largest absolute Gasteiger partial charge is 0.508 e. The number of aliphatic hydroxyl groups is 1. The van der Waals surface area contributed by atoms with Gasteiger partial charge in [0.15, 0.2) is 0 Å². The maximum absolute atomic E-state index is 11.2. The SMILES string of the molecule is C=C/C=C(/O)C=C.CC.COC1CCCCCC(=O)OC(C)C1. The van der Waals surface area contributed by atoms with Gasteiger partial charge in [0, 0.05) is 20.0 Å². The fraction of sp³-hybridized carbons (Fsp3) is 0.632. The number of cyclic esters (lactones) is 1. The van der Waals surface area contributed by atoms with Gasteiger partial charge in [-0.25, -0.2) is 0 Å². The summed E-state index contributed by atoms with van der Waals surface area (Å²) in [4.78, 5) is 11.2. The zero-order valence-corrected chi connectivity index (χ0v) is 15.2. The normalized spacial score (nSPS) is 22.3. The minimum atomic E-state index is -0.0609. The lowest BCUT2D eigenvalue weighted by molar-refractivity contribution is -0.150. The molecule has 1 N–H and O–H groups in total. The van der Waals surface area contributed by atoms with Gasteiger partial charge >= 0.3 is 5.97 Å². The third-order valence-electron chi connectivity index (χ3n) is 3.17. The van der Waals surface area contributed by atoms with E-state index in [9.17, 15) is 4.79 Å². The Balaban J connectivity index is 0. The van der Waals surface area contributed by atoms with Crippen LogP contribution in [0.5, 0.6) is 0 Å². The molecule has 0 saturated carbocycles. The van der Waals surface area contributed by atoms with Gasteiger partial charge < -0.3 is 14.6 Å².